The maximum Gasteiger partial charge on any atom is 0.317 e. The fourth-order valence-electron chi connectivity index (χ4n) is 2.60. The maximum atomic E-state index is 12.3. The van der Waals surface area contributed by atoms with Crippen molar-refractivity contribution < 1.29 is 19.8 Å². The average Bonchev–Trinajstić information content (AvgIpc) is 2.70. The number of benzene rings is 1. The SMILES string of the molecule is CCNC(=O)N1CCC[C@@H](O)[C@H](NC(=O)c2ccc(O)cc2)C1. The highest BCUT2D eigenvalue weighted by atomic mass is 16.3. The van der Waals surface area contributed by atoms with Gasteiger partial charge in [-0.05, 0) is 44.0 Å². The van der Waals surface area contributed by atoms with E-state index in [1.807, 2.05) is 6.92 Å². The molecule has 126 valence electrons. The standard InChI is InChI=1S/C16H23N3O4/c1-2-17-16(23)19-9-3-4-14(21)13(10-19)18-15(22)11-5-7-12(20)8-6-11/h5-8,13-14,20-21H,2-4,9-10H2,1H3,(H,17,23)(H,18,22)/t13-,14-/m1/s1. The largest absolute Gasteiger partial charge is 0.508 e. The van der Waals surface area contributed by atoms with Crippen LogP contribution >= 0.6 is 0 Å². The second-order valence-electron chi connectivity index (χ2n) is 5.62. The summed E-state index contributed by atoms with van der Waals surface area (Å²) in [6.07, 6.45) is 0.510. The van der Waals surface area contributed by atoms with Crippen LogP contribution < -0.4 is 10.6 Å². The molecule has 23 heavy (non-hydrogen) atoms. The Morgan fingerprint density at radius 3 is 2.65 bits per heavy atom. The number of aliphatic hydroxyl groups is 1. The third kappa shape index (κ3) is 4.59. The molecule has 0 aliphatic carbocycles. The Bertz CT molecular complexity index is 547. The van der Waals surface area contributed by atoms with Crippen molar-refractivity contribution >= 4 is 11.9 Å². The van der Waals surface area contributed by atoms with Crippen LogP contribution in [-0.2, 0) is 0 Å². The van der Waals surface area contributed by atoms with Gasteiger partial charge in [0.05, 0.1) is 12.1 Å². The molecule has 0 spiro atoms. The van der Waals surface area contributed by atoms with Crippen molar-refractivity contribution in [3.05, 3.63) is 29.8 Å². The van der Waals surface area contributed by atoms with Gasteiger partial charge in [-0.3, -0.25) is 4.79 Å². The van der Waals surface area contributed by atoms with E-state index in [0.29, 0.717) is 31.5 Å². The number of phenols is 1. The molecule has 7 heteroatoms. The molecular weight excluding hydrogens is 298 g/mol. The molecule has 0 saturated carbocycles. The molecule has 0 radical (unpaired) electrons. The molecule has 7 nitrogen and oxygen atoms in total. The third-order valence-electron chi connectivity index (χ3n) is 3.87. The van der Waals surface area contributed by atoms with Gasteiger partial charge >= 0.3 is 6.03 Å². The predicted molar refractivity (Wildman–Crippen MR) is 85.2 cm³/mol. The molecule has 4 N–H and O–H groups in total. The lowest BCUT2D eigenvalue weighted by Crippen LogP contribution is -2.51. The van der Waals surface area contributed by atoms with Gasteiger partial charge in [0.25, 0.3) is 5.91 Å². The first-order valence-corrected chi connectivity index (χ1v) is 7.82. The number of aliphatic hydroxyl groups excluding tert-OH is 1. The van der Waals surface area contributed by atoms with Crippen molar-refractivity contribution in [1.82, 2.24) is 15.5 Å². The van der Waals surface area contributed by atoms with Gasteiger partial charge in [-0.1, -0.05) is 0 Å². The highest BCUT2D eigenvalue weighted by Crippen LogP contribution is 2.14. The number of carbonyl (C=O) groups excluding carboxylic acids is 2. The minimum atomic E-state index is -0.699. The molecule has 1 aliphatic rings. The van der Waals surface area contributed by atoms with Crippen molar-refractivity contribution in [2.24, 2.45) is 0 Å². The van der Waals surface area contributed by atoms with Gasteiger partial charge in [-0.25, -0.2) is 4.79 Å². The van der Waals surface area contributed by atoms with E-state index < -0.39 is 12.1 Å². The van der Waals surface area contributed by atoms with Crippen molar-refractivity contribution in [1.29, 1.82) is 0 Å². The van der Waals surface area contributed by atoms with Gasteiger partial charge in [-0.2, -0.15) is 0 Å². The van der Waals surface area contributed by atoms with E-state index in [0.717, 1.165) is 0 Å². The molecule has 2 atom stereocenters. The van der Waals surface area contributed by atoms with Crippen LogP contribution in [0.4, 0.5) is 4.79 Å². The van der Waals surface area contributed by atoms with E-state index in [1.54, 1.807) is 4.90 Å². The Kier molecular flexibility index (Phi) is 5.81. The van der Waals surface area contributed by atoms with Gasteiger partial charge in [0.15, 0.2) is 0 Å². The number of amides is 3. The van der Waals surface area contributed by atoms with Crippen LogP contribution in [0.15, 0.2) is 24.3 Å². The number of rotatable bonds is 3. The van der Waals surface area contributed by atoms with E-state index in [1.165, 1.54) is 24.3 Å². The summed E-state index contributed by atoms with van der Waals surface area (Å²) in [5, 5.41) is 25.0. The summed E-state index contributed by atoms with van der Waals surface area (Å²) >= 11 is 0. The zero-order chi connectivity index (χ0) is 16.8. The number of nitrogens with zero attached hydrogens (tertiary/aromatic N) is 1. The van der Waals surface area contributed by atoms with E-state index in [9.17, 15) is 19.8 Å². The Morgan fingerprint density at radius 1 is 1.30 bits per heavy atom. The minimum Gasteiger partial charge on any atom is -0.508 e. The number of nitrogens with one attached hydrogen (secondary N) is 2. The quantitative estimate of drug-likeness (QED) is 0.657. The molecular formula is C16H23N3O4. The summed E-state index contributed by atoms with van der Waals surface area (Å²) < 4.78 is 0. The lowest BCUT2D eigenvalue weighted by Gasteiger charge is -2.27. The van der Waals surface area contributed by atoms with Crippen molar-refractivity contribution in [3.8, 4) is 5.75 Å². The lowest BCUT2D eigenvalue weighted by molar-refractivity contribution is 0.0809. The predicted octanol–water partition coefficient (Wildman–Crippen LogP) is 0.677. The molecule has 1 aliphatic heterocycles. The number of likely N-dealkylation sites (tertiary alicyclic amines) is 1. The fourth-order valence-corrected chi connectivity index (χ4v) is 2.60. The number of carbonyl (C=O) groups is 2. The van der Waals surface area contributed by atoms with Crippen LogP contribution in [0.3, 0.4) is 0 Å². The molecule has 1 aromatic carbocycles. The van der Waals surface area contributed by atoms with Crippen molar-refractivity contribution in [2.75, 3.05) is 19.6 Å². The summed E-state index contributed by atoms with van der Waals surface area (Å²) in [5.41, 5.74) is 0.392. The first kappa shape index (κ1) is 17.1. The second-order valence-corrected chi connectivity index (χ2v) is 5.62. The van der Waals surface area contributed by atoms with Gasteiger partial charge < -0.3 is 25.7 Å². The first-order valence-electron chi connectivity index (χ1n) is 7.82. The average molecular weight is 321 g/mol. The first-order chi connectivity index (χ1) is 11.0. The number of phenolic OH excluding ortho intramolecular Hbond substituents is 1. The molecule has 1 heterocycles. The highest BCUT2D eigenvalue weighted by Gasteiger charge is 2.29. The molecule has 0 unspecified atom stereocenters. The monoisotopic (exact) mass is 321 g/mol. The summed E-state index contributed by atoms with van der Waals surface area (Å²) in [4.78, 5) is 25.9. The van der Waals surface area contributed by atoms with Crippen LogP contribution in [0.2, 0.25) is 0 Å². The van der Waals surface area contributed by atoms with Crippen LogP contribution in [0.5, 0.6) is 5.75 Å². The molecule has 1 fully saturated rings. The van der Waals surface area contributed by atoms with E-state index >= 15 is 0 Å². The van der Waals surface area contributed by atoms with Crippen LogP contribution in [0, 0.1) is 0 Å². The third-order valence-corrected chi connectivity index (χ3v) is 3.87. The van der Waals surface area contributed by atoms with Crippen molar-refractivity contribution in [2.45, 2.75) is 31.9 Å². The van der Waals surface area contributed by atoms with E-state index in [4.69, 9.17) is 0 Å². The zero-order valence-electron chi connectivity index (χ0n) is 13.2. The smallest absolute Gasteiger partial charge is 0.317 e. The van der Waals surface area contributed by atoms with Gasteiger partial charge in [-0.15, -0.1) is 0 Å². The summed E-state index contributed by atoms with van der Waals surface area (Å²) in [6, 6.07) is 5.16. The highest BCUT2D eigenvalue weighted by molar-refractivity contribution is 5.94. The van der Waals surface area contributed by atoms with Gasteiger partial charge in [0.1, 0.15) is 5.75 Å². The summed E-state index contributed by atoms with van der Waals surface area (Å²) in [6.45, 7) is 3.18. The molecule has 0 bridgehead atoms. The molecule has 2 rings (SSSR count). The van der Waals surface area contributed by atoms with Gasteiger partial charge in [0.2, 0.25) is 0 Å². The summed E-state index contributed by atoms with van der Waals surface area (Å²) in [5.74, 6) is -0.259. The number of hydrogen-bond acceptors (Lipinski definition) is 4. The number of hydrogen-bond donors (Lipinski definition) is 4. The topological polar surface area (TPSA) is 102 Å². The Hall–Kier alpha value is -2.28. The van der Waals surface area contributed by atoms with Crippen molar-refractivity contribution in [3.63, 3.8) is 0 Å². The Labute approximate surface area is 135 Å². The summed E-state index contributed by atoms with van der Waals surface area (Å²) in [7, 11) is 0. The number of urea groups is 1. The Balaban J connectivity index is 2.04. The van der Waals surface area contributed by atoms with Crippen LogP contribution in [0.1, 0.15) is 30.1 Å². The molecule has 0 aromatic heterocycles. The number of aromatic hydroxyl groups is 1. The van der Waals surface area contributed by atoms with E-state index in [2.05, 4.69) is 10.6 Å². The Morgan fingerprint density at radius 2 is 2.00 bits per heavy atom. The molecule has 1 aromatic rings. The fraction of sp³-hybridized carbons (Fsp3) is 0.500. The van der Waals surface area contributed by atoms with Crippen LogP contribution in [0.25, 0.3) is 0 Å². The van der Waals surface area contributed by atoms with Crippen LogP contribution in [-0.4, -0.2) is 58.8 Å². The minimum absolute atomic E-state index is 0.0819. The maximum absolute atomic E-state index is 12.3. The van der Waals surface area contributed by atoms with Gasteiger partial charge in [0, 0.05) is 25.2 Å². The second kappa shape index (κ2) is 7.82. The normalized spacial score (nSPS) is 21.4. The van der Waals surface area contributed by atoms with E-state index in [-0.39, 0.29) is 24.2 Å². The molecule has 3 amide bonds. The molecule has 1 saturated heterocycles. The zero-order valence-corrected chi connectivity index (χ0v) is 13.2. The lowest BCUT2D eigenvalue weighted by atomic mass is 10.1.